The van der Waals surface area contributed by atoms with E-state index in [1.165, 1.54) is 0 Å². The van der Waals surface area contributed by atoms with Gasteiger partial charge in [-0.15, -0.1) is 0 Å². The van der Waals surface area contributed by atoms with Gasteiger partial charge in [0.15, 0.2) is 6.29 Å². The van der Waals surface area contributed by atoms with Crippen molar-refractivity contribution in [3.8, 4) is 0 Å². The van der Waals surface area contributed by atoms with E-state index in [1.807, 2.05) is 121 Å². The Labute approximate surface area is 236 Å². The van der Waals surface area contributed by atoms with Crippen LogP contribution in [-0.4, -0.2) is 42.4 Å². The molecule has 4 atom stereocenters. The van der Waals surface area contributed by atoms with Crippen LogP contribution in [0.3, 0.4) is 0 Å². The lowest BCUT2D eigenvalue weighted by atomic mass is 10.0. The third-order valence-corrected chi connectivity index (χ3v) is 6.49. The van der Waals surface area contributed by atoms with Crippen molar-refractivity contribution < 1.29 is 28.8 Å². The Kier molecular flexibility index (Phi) is 12.1. The highest BCUT2D eigenvalue weighted by molar-refractivity contribution is 5.57. The topological polar surface area (TPSA) is 74.2 Å². The van der Waals surface area contributed by atoms with E-state index in [0.717, 1.165) is 28.5 Å². The normalized spacial score (nSPS) is 14.2. The Morgan fingerprint density at radius 1 is 0.500 bits per heavy atom. The third-order valence-electron chi connectivity index (χ3n) is 6.49. The molecule has 0 amide bonds. The predicted molar refractivity (Wildman–Crippen MR) is 153 cm³/mol. The first-order valence-corrected chi connectivity index (χ1v) is 13.4. The fourth-order valence-electron chi connectivity index (χ4n) is 4.33. The maximum atomic E-state index is 12.5. The molecule has 1 N–H and O–H groups in total. The van der Waals surface area contributed by atoms with Gasteiger partial charge in [-0.05, 0) is 22.3 Å². The van der Waals surface area contributed by atoms with E-state index in [4.69, 9.17) is 18.9 Å². The molecule has 4 aromatic carbocycles. The van der Waals surface area contributed by atoms with Crippen LogP contribution >= 0.6 is 0 Å². The molecule has 0 fully saturated rings. The summed E-state index contributed by atoms with van der Waals surface area (Å²) in [6, 6.07) is 38.8. The molecule has 0 saturated carbocycles. The van der Waals surface area contributed by atoms with Crippen LogP contribution in [0.15, 0.2) is 121 Å². The van der Waals surface area contributed by atoms with Crippen molar-refractivity contribution in [3.63, 3.8) is 0 Å². The van der Waals surface area contributed by atoms with E-state index in [-0.39, 0.29) is 33.0 Å². The van der Waals surface area contributed by atoms with E-state index in [0.29, 0.717) is 0 Å². The van der Waals surface area contributed by atoms with Gasteiger partial charge in [-0.1, -0.05) is 121 Å². The molecule has 0 bridgehead atoms. The highest BCUT2D eigenvalue weighted by Crippen LogP contribution is 2.22. The predicted octanol–water partition coefficient (Wildman–Crippen LogP) is 5.52. The van der Waals surface area contributed by atoms with Crippen LogP contribution in [0.4, 0.5) is 0 Å². The van der Waals surface area contributed by atoms with Gasteiger partial charge in [0.2, 0.25) is 0 Å². The van der Waals surface area contributed by atoms with Crippen molar-refractivity contribution in [3.05, 3.63) is 144 Å². The first-order chi connectivity index (χ1) is 19.8. The maximum Gasteiger partial charge on any atom is 0.151 e. The Morgan fingerprint density at radius 2 is 0.850 bits per heavy atom. The lowest BCUT2D eigenvalue weighted by Crippen LogP contribution is -2.51. The number of rotatable bonds is 17. The Hall–Kier alpha value is -3.65. The van der Waals surface area contributed by atoms with Crippen LogP contribution in [0, 0.1) is 0 Å². The number of carbonyl (C=O) groups is 1. The van der Waals surface area contributed by atoms with Crippen LogP contribution in [0.5, 0.6) is 0 Å². The number of hydrogen-bond donors (Lipinski definition) is 1. The number of aldehydes is 1. The second-order valence-electron chi connectivity index (χ2n) is 9.44. The van der Waals surface area contributed by atoms with Crippen LogP contribution < -0.4 is 0 Å². The summed E-state index contributed by atoms with van der Waals surface area (Å²) < 4.78 is 25.1. The third kappa shape index (κ3) is 9.23. The molecule has 208 valence electrons. The molecule has 0 aromatic heterocycles. The van der Waals surface area contributed by atoms with Gasteiger partial charge < -0.3 is 28.8 Å². The molecule has 0 radical (unpaired) electrons. The summed E-state index contributed by atoms with van der Waals surface area (Å²) in [6.07, 6.45) is -2.70. The zero-order valence-corrected chi connectivity index (χ0v) is 22.5. The summed E-state index contributed by atoms with van der Waals surface area (Å²) in [5, 5.41) is 10.5. The smallest absolute Gasteiger partial charge is 0.151 e. The van der Waals surface area contributed by atoms with Gasteiger partial charge in [-0.2, -0.15) is 0 Å². The maximum absolute atomic E-state index is 12.5. The Morgan fingerprint density at radius 3 is 1.23 bits per heavy atom. The fraction of sp³-hybridized carbons (Fsp3) is 0.265. The van der Waals surface area contributed by atoms with E-state index in [9.17, 15) is 9.90 Å². The summed E-state index contributed by atoms with van der Waals surface area (Å²) >= 11 is 0. The summed E-state index contributed by atoms with van der Waals surface area (Å²) in [6.45, 7) is 0.620. The first-order valence-electron chi connectivity index (χ1n) is 13.4. The molecule has 0 heterocycles. The molecule has 0 spiro atoms. The number of hydrogen-bond acceptors (Lipinski definition) is 6. The molecule has 0 aliphatic carbocycles. The lowest BCUT2D eigenvalue weighted by molar-refractivity contribution is -0.194. The lowest BCUT2D eigenvalue weighted by Gasteiger charge is -2.35. The number of ether oxygens (including phenoxy) is 4. The van der Waals surface area contributed by atoms with E-state index in [2.05, 4.69) is 0 Å². The summed E-state index contributed by atoms with van der Waals surface area (Å²) in [7, 11) is 0. The average molecular weight is 541 g/mol. The largest absolute Gasteiger partial charge is 0.394 e. The number of aliphatic hydroxyl groups is 1. The van der Waals surface area contributed by atoms with Crippen molar-refractivity contribution in [1.82, 2.24) is 0 Å². The van der Waals surface area contributed by atoms with E-state index < -0.39 is 24.4 Å². The summed E-state index contributed by atoms with van der Waals surface area (Å²) in [5.41, 5.74) is 3.77. The van der Waals surface area contributed by atoms with Gasteiger partial charge in [-0.3, -0.25) is 0 Å². The van der Waals surface area contributed by atoms with Gasteiger partial charge in [0.25, 0.3) is 0 Å². The average Bonchev–Trinajstić information content (AvgIpc) is 3.02. The standard InChI is InChI=1S/C34H36O6/c35-21-31(37-23-27-13-5-1-6-14-27)33(39-25-29-17-9-3-10-18-29)34(40-26-30-19-11-4-12-20-30)32(22-36)38-24-28-15-7-2-8-16-28/h1-21,31-34,36H,22-26H2/t31-,32-,33-,34+/m0/s1. The molecule has 4 rings (SSSR count). The van der Waals surface area contributed by atoms with Gasteiger partial charge in [0, 0.05) is 0 Å². The van der Waals surface area contributed by atoms with E-state index in [1.54, 1.807) is 0 Å². The first kappa shape index (κ1) is 29.3. The van der Waals surface area contributed by atoms with Crippen molar-refractivity contribution in [2.75, 3.05) is 6.61 Å². The molecule has 0 aliphatic heterocycles. The van der Waals surface area contributed by atoms with Crippen molar-refractivity contribution in [2.45, 2.75) is 50.8 Å². The second-order valence-corrected chi connectivity index (χ2v) is 9.44. The fourth-order valence-corrected chi connectivity index (χ4v) is 4.33. The highest BCUT2D eigenvalue weighted by atomic mass is 16.6. The SMILES string of the molecule is O=C[C@H](OCc1ccccc1)[C@H](OCc1ccccc1)[C@H](OCc1ccccc1)[C@H](CO)OCc1ccccc1. The monoisotopic (exact) mass is 540 g/mol. The zero-order valence-electron chi connectivity index (χ0n) is 22.5. The minimum absolute atomic E-state index is 0.218. The second kappa shape index (κ2) is 16.5. The minimum Gasteiger partial charge on any atom is -0.394 e. The van der Waals surface area contributed by atoms with Crippen LogP contribution in [0.25, 0.3) is 0 Å². The van der Waals surface area contributed by atoms with Gasteiger partial charge in [0.05, 0.1) is 33.0 Å². The van der Waals surface area contributed by atoms with Crippen LogP contribution in [0.1, 0.15) is 22.3 Å². The van der Waals surface area contributed by atoms with Gasteiger partial charge in [-0.25, -0.2) is 0 Å². The van der Waals surface area contributed by atoms with Gasteiger partial charge >= 0.3 is 0 Å². The quantitative estimate of drug-likeness (QED) is 0.178. The molecular weight excluding hydrogens is 504 g/mol. The zero-order chi connectivity index (χ0) is 27.8. The summed E-state index contributed by atoms with van der Waals surface area (Å²) in [5.74, 6) is 0. The number of benzene rings is 4. The van der Waals surface area contributed by atoms with Crippen molar-refractivity contribution >= 4 is 6.29 Å². The highest BCUT2D eigenvalue weighted by Gasteiger charge is 2.38. The van der Waals surface area contributed by atoms with Gasteiger partial charge in [0.1, 0.15) is 24.4 Å². The van der Waals surface area contributed by atoms with E-state index >= 15 is 0 Å². The summed E-state index contributed by atoms with van der Waals surface area (Å²) in [4.78, 5) is 12.5. The molecule has 6 heteroatoms. The molecule has 6 nitrogen and oxygen atoms in total. The molecule has 0 aliphatic rings. The number of aliphatic hydroxyl groups excluding tert-OH is 1. The van der Waals surface area contributed by atoms with Crippen molar-refractivity contribution in [1.29, 1.82) is 0 Å². The number of carbonyl (C=O) groups excluding carboxylic acids is 1. The minimum atomic E-state index is -0.973. The molecule has 4 aromatic rings. The Bertz CT molecular complexity index is 1220. The van der Waals surface area contributed by atoms with Crippen LogP contribution in [-0.2, 0) is 50.2 Å². The van der Waals surface area contributed by atoms with Crippen molar-refractivity contribution in [2.24, 2.45) is 0 Å². The molecule has 40 heavy (non-hydrogen) atoms. The molecular formula is C34H36O6. The van der Waals surface area contributed by atoms with Crippen LogP contribution in [0.2, 0.25) is 0 Å². The molecule has 0 unspecified atom stereocenters. The Balaban J connectivity index is 1.60. The molecule has 0 saturated heterocycles.